The van der Waals surface area contributed by atoms with Gasteiger partial charge in [-0.1, -0.05) is 24.3 Å². The maximum Gasteiger partial charge on any atom is 0.254 e. The first kappa shape index (κ1) is 20.4. The van der Waals surface area contributed by atoms with Crippen molar-refractivity contribution in [2.45, 2.75) is 25.6 Å². The first-order valence-corrected chi connectivity index (χ1v) is 10.6. The van der Waals surface area contributed by atoms with Gasteiger partial charge < -0.3 is 14.4 Å². The van der Waals surface area contributed by atoms with Crippen molar-refractivity contribution >= 4 is 5.91 Å². The predicted molar refractivity (Wildman–Crippen MR) is 113 cm³/mol. The topological polar surface area (TPSA) is 65.8 Å². The maximum atomic E-state index is 13.0. The third-order valence-corrected chi connectivity index (χ3v) is 5.76. The summed E-state index contributed by atoms with van der Waals surface area (Å²) in [7, 11) is 0. The van der Waals surface area contributed by atoms with Gasteiger partial charge in [-0.3, -0.25) is 9.69 Å². The van der Waals surface area contributed by atoms with Crippen LogP contribution in [0.5, 0.6) is 5.75 Å². The minimum Gasteiger partial charge on any atom is -0.489 e. The molecular formula is C24H27N3O3. The van der Waals surface area contributed by atoms with Crippen molar-refractivity contribution in [3.8, 4) is 11.8 Å². The molecule has 2 fully saturated rings. The van der Waals surface area contributed by atoms with E-state index in [1.54, 1.807) is 12.1 Å². The number of amides is 1. The normalized spacial score (nSPS) is 19.4. The van der Waals surface area contributed by atoms with Crippen LogP contribution in [0.2, 0.25) is 0 Å². The number of hydrogen-bond acceptors (Lipinski definition) is 5. The summed E-state index contributed by atoms with van der Waals surface area (Å²) < 4.78 is 11.6. The zero-order valence-electron chi connectivity index (χ0n) is 17.1. The Balaban J connectivity index is 1.32. The van der Waals surface area contributed by atoms with Gasteiger partial charge in [0.1, 0.15) is 12.4 Å². The number of benzene rings is 2. The van der Waals surface area contributed by atoms with E-state index in [2.05, 4.69) is 11.0 Å². The van der Waals surface area contributed by atoms with E-state index in [-0.39, 0.29) is 5.91 Å². The molecule has 2 aliphatic rings. The maximum absolute atomic E-state index is 13.0. The Bertz CT molecular complexity index is 910. The number of carbonyl (C=O) groups is 1. The molecule has 2 aromatic rings. The van der Waals surface area contributed by atoms with Crippen LogP contribution < -0.4 is 4.74 Å². The molecule has 30 heavy (non-hydrogen) atoms. The molecule has 0 aromatic heterocycles. The second-order valence-electron chi connectivity index (χ2n) is 7.81. The van der Waals surface area contributed by atoms with Crippen LogP contribution in [0, 0.1) is 11.3 Å². The molecule has 6 nitrogen and oxygen atoms in total. The van der Waals surface area contributed by atoms with E-state index in [0.29, 0.717) is 29.6 Å². The van der Waals surface area contributed by atoms with Gasteiger partial charge in [-0.2, -0.15) is 5.26 Å². The fourth-order valence-electron chi connectivity index (χ4n) is 4.03. The number of piperazine rings is 1. The van der Waals surface area contributed by atoms with Crippen LogP contribution in [-0.2, 0) is 11.3 Å². The van der Waals surface area contributed by atoms with Gasteiger partial charge >= 0.3 is 0 Å². The van der Waals surface area contributed by atoms with Crippen molar-refractivity contribution < 1.29 is 14.3 Å². The molecule has 0 spiro atoms. The van der Waals surface area contributed by atoms with Gasteiger partial charge in [-0.15, -0.1) is 0 Å². The standard InChI is InChI=1S/C24H27N3O3/c25-16-20-5-1-2-6-21(20)18-30-22-8-3-7-19(15-22)24(28)27-12-10-26(11-13-27)17-23-9-4-14-29-23/h1-3,5-8,15,23H,4,9-14,17-18H2. The average Bonchev–Trinajstić information content (AvgIpc) is 3.31. The van der Waals surface area contributed by atoms with Gasteiger partial charge in [-0.25, -0.2) is 0 Å². The van der Waals surface area contributed by atoms with Crippen LogP contribution in [0.1, 0.15) is 34.3 Å². The predicted octanol–water partition coefficient (Wildman–Crippen LogP) is 3.07. The molecular weight excluding hydrogens is 378 g/mol. The van der Waals surface area contributed by atoms with Crippen molar-refractivity contribution in [3.63, 3.8) is 0 Å². The third-order valence-electron chi connectivity index (χ3n) is 5.76. The van der Waals surface area contributed by atoms with Crippen LogP contribution in [0.25, 0.3) is 0 Å². The summed E-state index contributed by atoms with van der Waals surface area (Å²) in [6.45, 7) is 5.36. The molecule has 1 amide bonds. The summed E-state index contributed by atoms with van der Waals surface area (Å²) >= 11 is 0. The minimum absolute atomic E-state index is 0.0367. The number of hydrogen-bond donors (Lipinski definition) is 0. The first-order valence-electron chi connectivity index (χ1n) is 10.6. The number of nitrogens with zero attached hydrogens (tertiary/aromatic N) is 3. The highest BCUT2D eigenvalue weighted by Gasteiger charge is 2.25. The Labute approximate surface area is 177 Å². The van der Waals surface area contributed by atoms with Crippen LogP contribution in [-0.4, -0.2) is 61.1 Å². The summed E-state index contributed by atoms with van der Waals surface area (Å²) in [6.07, 6.45) is 2.65. The van der Waals surface area contributed by atoms with E-state index >= 15 is 0 Å². The van der Waals surface area contributed by atoms with Crippen molar-refractivity contribution in [2.75, 3.05) is 39.3 Å². The Hall–Kier alpha value is -2.88. The second kappa shape index (κ2) is 9.75. The zero-order chi connectivity index (χ0) is 20.8. The van der Waals surface area contributed by atoms with Crippen LogP contribution >= 0.6 is 0 Å². The highest BCUT2D eigenvalue weighted by molar-refractivity contribution is 5.94. The number of ether oxygens (including phenoxy) is 2. The monoisotopic (exact) mass is 405 g/mol. The molecule has 1 atom stereocenters. The summed E-state index contributed by atoms with van der Waals surface area (Å²) in [5, 5.41) is 9.21. The second-order valence-corrected chi connectivity index (χ2v) is 7.81. The van der Waals surface area contributed by atoms with Gasteiger partial charge in [0.15, 0.2) is 0 Å². The molecule has 4 rings (SSSR count). The lowest BCUT2D eigenvalue weighted by Gasteiger charge is -2.35. The minimum atomic E-state index is 0.0367. The van der Waals surface area contributed by atoms with E-state index in [4.69, 9.17) is 9.47 Å². The van der Waals surface area contributed by atoms with Crippen molar-refractivity contribution in [1.82, 2.24) is 9.80 Å². The largest absolute Gasteiger partial charge is 0.489 e. The smallest absolute Gasteiger partial charge is 0.254 e. The summed E-state index contributed by atoms with van der Waals surface area (Å²) in [5.74, 6) is 0.667. The lowest BCUT2D eigenvalue weighted by atomic mass is 10.1. The van der Waals surface area contributed by atoms with Crippen molar-refractivity contribution in [1.29, 1.82) is 5.26 Å². The molecule has 0 N–H and O–H groups in total. The third kappa shape index (κ3) is 4.99. The van der Waals surface area contributed by atoms with E-state index in [1.807, 2.05) is 41.3 Å². The van der Waals surface area contributed by atoms with Crippen LogP contribution in [0.15, 0.2) is 48.5 Å². The Morgan fingerprint density at radius 1 is 1.13 bits per heavy atom. The Morgan fingerprint density at radius 3 is 2.73 bits per heavy atom. The fourth-order valence-corrected chi connectivity index (χ4v) is 4.03. The average molecular weight is 405 g/mol. The number of carbonyl (C=O) groups excluding carboxylic acids is 1. The molecule has 1 unspecified atom stereocenters. The van der Waals surface area contributed by atoms with E-state index in [1.165, 1.54) is 0 Å². The zero-order valence-corrected chi connectivity index (χ0v) is 17.1. The number of rotatable bonds is 6. The highest BCUT2D eigenvalue weighted by atomic mass is 16.5. The van der Waals surface area contributed by atoms with Gasteiger partial charge in [-0.05, 0) is 37.1 Å². The van der Waals surface area contributed by atoms with Crippen LogP contribution in [0.3, 0.4) is 0 Å². The molecule has 2 saturated heterocycles. The van der Waals surface area contributed by atoms with E-state index in [0.717, 1.165) is 57.7 Å². The lowest BCUT2D eigenvalue weighted by molar-refractivity contribution is 0.0432. The Kier molecular flexibility index (Phi) is 6.63. The molecule has 2 heterocycles. The van der Waals surface area contributed by atoms with Gasteiger partial charge in [0.2, 0.25) is 0 Å². The summed E-state index contributed by atoms with van der Waals surface area (Å²) in [4.78, 5) is 17.3. The van der Waals surface area contributed by atoms with Gasteiger partial charge in [0.25, 0.3) is 5.91 Å². The molecule has 2 aliphatic heterocycles. The molecule has 0 saturated carbocycles. The number of nitriles is 1. The van der Waals surface area contributed by atoms with Gasteiger partial charge in [0, 0.05) is 50.5 Å². The van der Waals surface area contributed by atoms with Gasteiger partial charge in [0.05, 0.1) is 17.7 Å². The SMILES string of the molecule is N#Cc1ccccc1COc1cccc(C(=O)N2CCN(CC3CCCO3)CC2)c1. The van der Waals surface area contributed by atoms with Crippen LogP contribution in [0.4, 0.5) is 0 Å². The molecule has 6 heteroatoms. The fraction of sp³-hybridized carbons (Fsp3) is 0.417. The molecule has 0 bridgehead atoms. The first-order chi connectivity index (χ1) is 14.7. The van der Waals surface area contributed by atoms with Crippen molar-refractivity contribution in [3.05, 3.63) is 65.2 Å². The molecule has 156 valence electrons. The Morgan fingerprint density at radius 2 is 1.97 bits per heavy atom. The van der Waals surface area contributed by atoms with Crippen molar-refractivity contribution in [2.24, 2.45) is 0 Å². The quantitative estimate of drug-likeness (QED) is 0.739. The summed E-state index contributed by atoms with van der Waals surface area (Å²) in [6, 6.07) is 16.9. The van der Waals surface area contributed by atoms with E-state index in [9.17, 15) is 10.1 Å². The van der Waals surface area contributed by atoms with E-state index < -0.39 is 0 Å². The molecule has 0 aliphatic carbocycles. The molecule has 0 radical (unpaired) electrons. The summed E-state index contributed by atoms with van der Waals surface area (Å²) in [5.41, 5.74) is 2.07. The molecule has 2 aromatic carbocycles. The lowest BCUT2D eigenvalue weighted by Crippen LogP contribution is -2.50. The highest BCUT2D eigenvalue weighted by Crippen LogP contribution is 2.19.